The lowest BCUT2D eigenvalue weighted by Crippen LogP contribution is -2.47. The average Bonchev–Trinajstić information content (AvgIpc) is 2.49. The molecule has 1 aliphatic rings. The maximum atomic E-state index is 12.4. The second kappa shape index (κ2) is 8.04. The van der Waals surface area contributed by atoms with E-state index in [-0.39, 0.29) is 36.2 Å². The van der Waals surface area contributed by atoms with Crippen molar-refractivity contribution in [3.8, 4) is 0 Å². The fraction of sp³-hybridized carbons (Fsp3) is 0.500. The quantitative estimate of drug-likeness (QED) is 0.875. The van der Waals surface area contributed by atoms with Gasteiger partial charge in [-0.1, -0.05) is 26.0 Å². The SMILES string of the molecule is CN(CC(C)(C)CN)C(=O)CN1C(=O)CSc2ccccc21.Cl. The van der Waals surface area contributed by atoms with Crippen LogP contribution in [0.15, 0.2) is 29.2 Å². The van der Waals surface area contributed by atoms with Crippen LogP contribution in [0.5, 0.6) is 0 Å². The van der Waals surface area contributed by atoms with E-state index in [1.807, 2.05) is 38.1 Å². The number of amides is 2. The zero-order chi connectivity index (χ0) is 16.3. The normalized spacial score (nSPS) is 14.1. The highest BCUT2D eigenvalue weighted by Crippen LogP contribution is 2.34. The molecule has 23 heavy (non-hydrogen) atoms. The number of para-hydroxylation sites is 1. The van der Waals surface area contributed by atoms with Gasteiger partial charge in [-0.25, -0.2) is 0 Å². The highest BCUT2D eigenvalue weighted by Gasteiger charge is 2.28. The lowest BCUT2D eigenvalue weighted by Gasteiger charge is -2.32. The third-order valence-corrected chi connectivity index (χ3v) is 4.79. The molecule has 0 unspecified atom stereocenters. The van der Waals surface area contributed by atoms with Gasteiger partial charge in [0.05, 0.1) is 11.4 Å². The molecule has 128 valence electrons. The summed E-state index contributed by atoms with van der Waals surface area (Å²) >= 11 is 1.52. The summed E-state index contributed by atoms with van der Waals surface area (Å²) in [7, 11) is 1.76. The molecule has 1 aliphatic heterocycles. The van der Waals surface area contributed by atoms with Crippen LogP contribution in [0.2, 0.25) is 0 Å². The number of benzene rings is 1. The van der Waals surface area contributed by atoms with Crippen LogP contribution >= 0.6 is 24.2 Å². The minimum atomic E-state index is -0.135. The van der Waals surface area contributed by atoms with E-state index in [1.54, 1.807) is 16.8 Å². The lowest BCUT2D eigenvalue weighted by atomic mass is 9.93. The number of carbonyl (C=O) groups is 2. The summed E-state index contributed by atoms with van der Waals surface area (Å²) < 4.78 is 0. The summed E-state index contributed by atoms with van der Waals surface area (Å²) in [6.45, 7) is 5.20. The maximum Gasteiger partial charge on any atom is 0.242 e. The van der Waals surface area contributed by atoms with Crippen molar-refractivity contribution >= 4 is 41.7 Å². The van der Waals surface area contributed by atoms with Gasteiger partial charge in [0.1, 0.15) is 6.54 Å². The Kier molecular flexibility index (Phi) is 6.92. The van der Waals surface area contributed by atoms with Crippen molar-refractivity contribution in [1.29, 1.82) is 0 Å². The fourth-order valence-electron chi connectivity index (χ4n) is 2.38. The van der Waals surface area contributed by atoms with Crippen LogP contribution in [0, 0.1) is 5.41 Å². The molecule has 2 rings (SSSR count). The summed E-state index contributed by atoms with van der Waals surface area (Å²) in [5, 5.41) is 0. The molecule has 7 heteroatoms. The Morgan fingerprint density at radius 3 is 2.70 bits per heavy atom. The van der Waals surface area contributed by atoms with E-state index in [0.717, 1.165) is 10.6 Å². The molecule has 2 amide bonds. The first-order valence-electron chi connectivity index (χ1n) is 7.30. The van der Waals surface area contributed by atoms with Gasteiger partial charge in [0.15, 0.2) is 0 Å². The molecular formula is C16H24ClN3O2S. The lowest BCUT2D eigenvalue weighted by molar-refractivity contribution is -0.131. The monoisotopic (exact) mass is 357 g/mol. The third kappa shape index (κ3) is 4.86. The van der Waals surface area contributed by atoms with E-state index in [4.69, 9.17) is 5.73 Å². The number of anilines is 1. The largest absolute Gasteiger partial charge is 0.344 e. The Bertz CT molecular complexity index is 580. The van der Waals surface area contributed by atoms with Crippen molar-refractivity contribution in [2.24, 2.45) is 11.1 Å². The summed E-state index contributed by atoms with van der Waals surface area (Å²) in [5.74, 6) is 0.280. The predicted molar refractivity (Wildman–Crippen MR) is 97.2 cm³/mol. The predicted octanol–water partition coefficient (Wildman–Crippen LogP) is 1.99. The number of nitrogens with two attached hydrogens (primary N) is 1. The van der Waals surface area contributed by atoms with E-state index in [2.05, 4.69) is 0 Å². The molecule has 1 heterocycles. The van der Waals surface area contributed by atoms with Crippen LogP contribution in [-0.2, 0) is 9.59 Å². The molecule has 0 saturated heterocycles. The molecule has 0 bridgehead atoms. The topological polar surface area (TPSA) is 66.6 Å². The minimum absolute atomic E-state index is 0. The molecule has 2 N–H and O–H groups in total. The molecule has 0 saturated carbocycles. The maximum absolute atomic E-state index is 12.4. The van der Waals surface area contributed by atoms with E-state index in [9.17, 15) is 9.59 Å². The number of halogens is 1. The van der Waals surface area contributed by atoms with Crippen molar-refractivity contribution in [3.05, 3.63) is 24.3 Å². The fourth-order valence-corrected chi connectivity index (χ4v) is 3.31. The molecule has 0 atom stereocenters. The number of rotatable bonds is 5. The van der Waals surface area contributed by atoms with Gasteiger partial charge in [0, 0.05) is 18.5 Å². The summed E-state index contributed by atoms with van der Waals surface area (Å²) in [4.78, 5) is 28.9. The molecule has 0 aliphatic carbocycles. The third-order valence-electron chi connectivity index (χ3n) is 3.75. The van der Waals surface area contributed by atoms with Gasteiger partial charge < -0.3 is 15.5 Å². The number of hydrogen-bond donors (Lipinski definition) is 1. The Morgan fingerprint density at radius 2 is 2.04 bits per heavy atom. The van der Waals surface area contributed by atoms with Crippen LogP contribution in [0.4, 0.5) is 5.69 Å². The van der Waals surface area contributed by atoms with Gasteiger partial charge in [-0.05, 0) is 24.1 Å². The van der Waals surface area contributed by atoms with Crippen molar-refractivity contribution in [1.82, 2.24) is 4.90 Å². The van der Waals surface area contributed by atoms with Crippen LogP contribution in [0.25, 0.3) is 0 Å². The van der Waals surface area contributed by atoms with Crippen LogP contribution in [-0.4, -0.2) is 49.1 Å². The van der Waals surface area contributed by atoms with E-state index in [0.29, 0.717) is 18.8 Å². The summed E-state index contributed by atoms with van der Waals surface area (Å²) in [6, 6.07) is 7.69. The average molecular weight is 358 g/mol. The Hall–Kier alpha value is -1.24. The van der Waals surface area contributed by atoms with Crippen molar-refractivity contribution < 1.29 is 9.59 Å². The van der Waals surface area contributed by atoms with Gasteiger partial charge in [-0.2, -0.15) is 0 Å². The van der Waals surface area contributed by atoms with E-state index >= 15 is 0 Å². The minimum Gasteiger partial charge on any atom is -0.344 e. The summed E-state index contributed by atoms with van der Waals surface area (Å²) in [5.41, 5.74) is 6.41. The molecule has 0 radical (unpaired) electrons. The second-order valence-electron chi connectivity index (χ2n) is 6.35. The number of thioether (sulfide) groups is 1. The zero-order valence-corrected chi connectivity index (χ0v) is 15.4. The molecule has 1 aromatic rings. The van der Waals surface area contributed by atoms with Crippen LogP contribution in [0.3, 0.4) is 0 Å². The Balaban J connectivity index is 0.00000264. The Labute approximate surface area is 148 Å². The molecule has 1 aromatic carbocycles. The van der Waals surface area contributed by atoms with Crippen LogP contribution < -0.4 is 10.6 Å². The summed E-state index contributed by atoms with van der Waals surface area (Å²) in [6.07, 6.45) is 0. The smallest absolute Gasteiger partial charge is 0.242 e. The van der Waals surface area contributed by atoms with Crippen molar-refractivity contribution in [3.63, 3.8) is 0 Å². The van der Waals surface area contributed by atoms with Gasteiger partial charge in [0.25, 0.3) is 0 Å². The standard InChI is InChI=1S/C16H23N3O2S.ClH/c1-16(2,10-17)11-18(3)14(20)8-19-12-6-4-5-7-13(12)22-9-15(19)21;/h4-7H,8-11,17H2,1-3H3;1H. The second-order valence-corrected chi connectivity index (χ2v) is 7.37. The molecular weight excluding hydrogens is 334 g/mol. The first-order valence-corrected chi connectivity index (χ1v) is 8.29. The van der Waals surface area contributed by atoms with Crippen molar-refractivity contribution in [2.45, 2.75) is 18.7 Å². The van der Waals surface area contributed by atoms with Gasteiger partial charge in [-0.3, -0.25) is 9.59 Å². The number of likely N-dealkylation sites (N-methyl/N-ethyl adjacent to an activating group) is 1. The highest BCUT2D eigenvalue weighted by molar-refractivity contribution is 8.00. The Morgan fingerprint density at radius 1 is 1.39 bits per heavy atom. The number of hydrogen-bond acceptors (Lipinski definition) is 4. The number of nitrogens with zero attached hydrogens (tertiary/aromatic N) is 2. The first kappa shape index (κ1) is 19.8. The highest BCUT2D eigenvalue weighted by atomic mass is 35.5. The van der Waals surface area contributed by atoms with Crippen LogP contribution in [0.1, 0.15) is 13.8 Å². The van der Waals surface area contributed by atoms with E-state index in [1.165, 1.54) is 11.8 Å². The van der Waals surface area contributed by atoms with Crippen molar-refractivity contribution in [2.75, 3.05) is 37.3 Å². The van der Waals surface area contributed by atoms with Gasteiger partial charge in [0.2, 0.25) is 11.8 Å². The van der Waals surface area contributed by atoms with E-state index < -0.39 is 0 Å². The number of fused-ring (bicyclic) bond motifs is 1. The van der Waals surface area contributed by atoms with Gasteiger partial charge in [-0.15, -0.1) is 24.2 Å². The zero-order valence-electron chi connectivity index (χ0n) is 13.7. The number of carbonyl (C=O) groups excluding carboxylic acids is 2. The molecule has 0 spiro atoms. The molecule has 0 aromatic heterocycles. The molecule has 5 nitrogen and oxygen atoms in total. The first-order chi connectivity index (χ1) is 10.3. The molecule has 0 fully saturated rings. The van der Waals surface area contributed by atoms with Gasteiger partial charge >= 0.3 is 0 Å².